The molecular weight excluding hydrogens is 297 g/mol. The highest BCUT2D eigenvalue weighted by molar-refractivity contribution is 6.36. The first-order valence-electron chi connectivity index (χ1n) is 5.98. The van der Waals surface area contributed by atoms with E-state index in [0.717, 1.165) is 22.2 Å². The van der Waals surface area contributed by atoms with Crippen LogP contribution in [0.25, 0.3) is 10.9 Å². The van der Waals surface area contributed by atoms with Crippen LogP contribution in [0.15, 0.2) is 36.5 Å². The van der Waals surface area contributed by atoms with Gasteiger partial charge in [-0.05, 0) is 17.7 Å². The predicted octanol–water partition coefficient (Wildman–Crippen LogP) is 3.80. The Bertz CT molecular complexity index is 753. The highest BCUT2D eigenvalue weighted by atomic mass is 35.5. The van der Waals surface area contributed by atoms with E-state index in [1.54, 1.807) is 19.4 Å². The molecule has 0 spiro atoms. The number of pyridine rings is 1. The van der Waals surface area contributed by atoms with Crippen molar-refractivity contribution in [1.29, 1.82) is 0 Å². The van der Waals surface area contributed by atoms with Crippen LogP contribution < -0.4 is 4.74 Å². The van der Waals surface area contributed by atoms with Crippen LogP contribution in [0.4, 0.5) is 0 Å². The van der Waals surface area contributed by atoms with Crippen molar-refractivity contribution >= 4 is 34.1 Å². The van der Waals surface area contributed by atoms with Crippen molar-refractivity contribution in [3.8, 4) is 5.75 Å². The lowest BCUT2D eigenvalue weighted by Gasteiger charge is -2.06. The molecule has 3 rings (SSSR count). The Hall–Kier alpha value is -1.78. The summed E-state index contributed by atoms with van der Waals surface area (Å²) in [5, 5.41) is 5.86. The molecule has 102 valence electrons. The molecule has 20 heavy (non-hydrogen) atoms. The van der Waals surface area contributed by atoms with E-state index in [2.05, 4.69) is 10.1 Å². The van der Waals surface area contributed by atoms with Crippen LogP contribution in [-0.4, -0.2) is 21.9 Å². The van der Waals surface area contributed by atoms with Crippen LogP contribution in [0.2, 0.25) is 10.3 Å². The van der Waals surface area contributed by atoms with Gasteiger partial charge < -0.3 is 4.74 Å². The second kappa shape index (κ2) is 5.31. The van der Waals surface area contributed by atoms with Crippen molar-refractivity contribution in [2.75, 3.05) is 7.11 Å². The highest BCUT2D eigenvalue weighted by Crippen LogP contribution is 2.25. The monoisotopic (exact) mass is 307 g/mol. The van der Waals surface area contributed by atoms with E-state index in [1.807, 2.05) is 28.9 Å². The topological polar surface area (TPSA) is 39.9 Å². The summed E-state index contributed by atoms with van der Waals surface area (Å²) in [6, 6.07) is 9.60. The Morgan fingerprint density at radius 2 is 1.95 bits per heavy atom. The molecule has 0 saturated heterocycles. The maximum absolute atomic E-state index is 6.05. The molecule has 6 heteroatoms. The first-order valence-corrected chi connectivity index (χ1v) is 6.73. The van der Waals surface area contributed by atoms with Gasteiger partial charge in [-0.1, -0.05) is 35.3 Å². The van der Waals surface area contributed by atoms with Gasteiger partial charge in [0.25, 0.3) is 0 Å². The summed E-state index contributed by atoms with van der Waals surface area (Å²) in [5.41, 5.74) is 1.98. The fourth-order valence-corrected chi connectivity index (χ4v) is 2.50. The zero-order chi connectivity index (χ0) is 14.1. The Kier molecular flexibility index (Phi) is 3.51. The molecule has 2 heterocycles. The van der Waals surface area contributed by atoms with Gasteiger partial charge >= 0.3 is 0 Å². The molecule has 0 radical (unpaired) electrons. The minimum absolute atomic E-state index is 0.360. The van der Waals surface area contributed by atoms with Gasteiger partial charge in [0.1, 0.15) is 16.1 Å². The minimum atomic E-state index is 0.360. The van der Waals surface area contributed by atoms with Crippen LogP contribution in [-0.2, 0) is 6.54 Å². The third-order valence-electron chi connectivity index (χ3n) is 3.05. The van der Waals surface area contributed by atoms with E-state index in [1.165, 1.54) is 0 Å². The van der Waals surface area contributed by atoms with Crippen LogP contribution in [0.1, 0.15) is 5.56 Å². The summed E-state index contributed by atoms with van der Waals surface area (Å²) in [6.07, 6.45) is 1.70. The number of benzene rings is 1. The van der Waals surface area contributed by atoms with E-state index < -0.39 is 0 Å². The summed E-state index contributed by atoms with van der Waals surface area (Å²) >= 11 is 12.0. The summed E-state index contributed by atoms with van der Waals surface area (Å²) in [4.78, 5) is 4.01. The quantitative estimate of drug-likeness (QED) is 0.691. The lowest BCUT2D eigenvalue weighted by Crippen LogP contribution is -2.01. The molecule has 0 N–H and O–H groups in total. The third-order valence-corrected chi connectivity index (χ3v) is 3.54. The molecule has 0 saturated carbocycles. The van der Waals surface area contributed by atoms with Crippen molar-refractivity contribution in [3.63, 3.8) is 0 Å². The first-order chi connectivity index (χ1) is 9.67. The standard InChI is InChI=1S/C14H11Cl2N3O/c1-20-10-4-2-9(3-5-10)8-19-12-6-13(15)18-14(16)11(12)7-17-19/h2-7H,8H2,1H3. The number of fused-ring (bicyclic) bond motifs is 1. The largest absolute Gasteiger partial charge is 0.497 e. The average molecular weight is 308 g/mol. The summed E-state index contributed by atoms with van der Waals surface area (Å²) in [7, 11) is 1.65. The van der Waals surface area contributed by atoms with Crippen LogP contribution in [0, 0.1) is 0 Å². The number of methoxy groups -OCH3 is 1. The zero-order valence-corrected chi connectivity index (χ0v) is 12.2. The summed E-state index contributed by atoms with van der Waals surface area (Å²) in [5.74, 6) is 0.828. The van der Waals surface area contributed by atoms with E-state index in [-0.39, 0.29) is 0 Å². The summed E-state index contributed by atoms with van der Waals surface area (Å²) in [6.45, 7) is 0.629. The van der Waals surface area contributed by atoms with E-state index in [9.17, 15) is 0 Å². The number of aromatic nitrogens is 3. The molecule has 2 aromatic heterocycles. The highest BCUT2D eigenvalue weighted by Gasteiger charge is 2.09. The van der Waals surface area contributed by atoms with E-state index in [4.69, 9.17) is 27.9 Å². The number of hydrogen-bond donors (Lipinski definition) is 0. The second-order valence-corrected chi connectivity index (χ2v) is 5.06. The van der Waals surface area contributed by atoms with Gasteiger partial charge in [-0.25, -0.2) is 4.98 Å². The Labute approximate surface area is 125 Å². The average Bonchev–Trinajstić information content (AvgIpc) is 2.83. The van der Waals surface area contributed by atoms with E-state index in [0.29, 0.717) is 16.9 Å². The first kappa shape index (κ1) is 13.2. The van der Waals surface area contributed by atoms with Crippen molar-refractivity contribution in [2.24, 2.45) is 0 Å². The lowest BCUT2D eigenvalue weighted by atomic mass is 10.2. The van der Waals surface area contributed by atoms with Gasteiger partial charge in [0, 0.05) is 6.07 Å². The Morgan fingerprint density at radius 3 is 2.65 bits per heavy atom. The smallest absolute Gasteiger partial charge is 0.141 e. The molecule has 1 aromatic carbocycles. The molecule has 0 aliphatic heterocycles. The van der Waals surface area contributed by atoms with Gasteiger partial charge in [-0.15, -0.1) is 0 Å². The van der Waals surface area contributed by atoms with Crippen LogP contribution in [0.5, 0.6) is 5.75 Å². The molecule has 0 atom stereocenters. The number of rotatable bonds is 3. The normalized spacial score (nSPS) is 10.9. The molecule has 0 aliphatic rings. The van der Waals surface area contributed by atoms with Gasteiger partial charge in [0.05, 0.1) is 30.8 Å². The van der Waals surface area contributed by atoms with Gasteiger partial charge in [0.15, 0.2) is 0 Å². The van der Waals surface area contributed by atoms with Crippen molar-refractivity contribution < 1.29 is 4.74 Å². The SMILES string of the molecule is COc1ccc(Cn2ncc3c(Cl)nc(Cl)cc32)cc1. The molecule has 4 nitrogen and oxygen atoms in total. The van der Waals surface area contributed by atoms with Crippen LogP contribution >= 0.6 is 23.2 Å². The fraction of sp³-hybridized carbons (Fsp3) is 0.143. The minimum Gasteiger partial charge on any atom is -0.497 e. The Balaban J connectivity index is 1.97. The fourth-order valence-electron chi connectivity index (χ4n) is 2.03. The maximum Gasteiger partial charge on any atom is 0.141 e. The number of hydrogen-bond acceptors (Lipinski definition) is 3. The van der Waals surface area contributed by atoms with Crippen molar-refractivity contribution in [3.05, 3.63) is 52.4 Å². The second-order valence-electron chi connectivity index (χ2n) is 4.32. The molecule has 0 amide bonds. The van der Waals surface area contributed by atoms with Crippen molar-refractivity contribution in [2.45, 2.75) is 6.54 Å². The number of halogens is 2. The van der Waals surface area contributed by atoms with Crippen LogP contribution in [0.3, 0.4) is 0 Å². The molecule has 0 unspecified atom stereocenters. The number of nitrogens with zero attached hydrogens (tertiary/aromatic N) is 3. The third kappa shape index (κ3) is 2.44. The molecule has 0 bridgehead atoms. The molecule has 3 aromatic rings. The maximum atomic E-state index is 6.05. The predicted molar refractivity (Wildman–Crippen MR) is 79.6 cm³/mol. The van der Waals surface area contributed by atoms with Gasteiger partial charge in [-0.3, -0.25) is 4.68 Å². The lowest BCUT2D eigenvalue weighted by molar-refractivity contribution is 0.414. The van der Waals surface area contributed by atoms with Crippen molar-refractivity contribution in [1.82, 2.24) is 14.8 Å². The molecule has 0 fully saturated rings. The van der Waals surface area contributed by atoms with Gasteiger partial charge in [-0.2, -0.15) is 5.10 Å². The molecular formula is C14H11Cl2N3O. The summed E-state index contributed by atoms with van der Waals surface area (Å²) < 4.78 is 6.98. The molecule has 0 aliphatic carbocycles. The van der Waals surface area contributed by atoms with E-state index >= 15 is 0 Å². The Morgan fingerprint density at radius 1 is 1.20 bits per heavy atom. The zero-order valence-electron chi connectivity index (χ0n) is 10.7. The number of ether oxygens (including phenoxy) is 1. The van der Waals surface area contributed by atoms with Gasteiger partial charge in [0.2, 0.25) is 0 Å².